The maximum atomic E-state index is 12.8. The van der Waals surface area contributed by atoms with Crippen molar-refractivity contribution in [2.45, 2.75) is 25.8 Å². The minimum Gasteiger partial charge on any atom is -0.335 e. The number of rotatable bonds is 2. The van der Waals surface area contributed by atoms with E-state index in [0.717, 1.165) is 17.5 Å². The second kappa shape index (κ2) is 6.89. The van der Waals surface area contributed by atoms with Crippen molar-refractivity contribution in [2.75, 3.05) is 6.54 Å². The molecule has 0 radical (unpaired) electrons. The summed E-state index contributed by atoms with van der Waals surface area (Å²) in [5, 5.41) is 1.05. The number of nitrogens with zero attached hydrogens (tertiary/aromatic N) is 1. The number of carbonyl (C=O) groups excluding carboxylic acids is 1. The first-order valence-corrected chi connectivity index (χ1v) is 8.59. The summed E-state index contributed by atoms with van der Waals surface area (Å²) < 4.78 is 0. The predicted molar refractivity (Wildman–Crippen MR) is 98.4 cm³/mol. The van der Waals surface area contributed by atoms with Gasteiger partial charge in [0.25, 0.3) is 0 Å². The molecule has 2 aromatic rings. The van der Waals surface area contributed by atoms with Gasteiger partial charge in [-0.3, -0.25) is 4.79 Å². The molecule has 0 fully saturated rings. The summed E-state index contributed by atoms with van der Waals surface area (Å²) in [7, 11) is 0. The van der Waals surface area contributed by atoms with E-state index < -0.39 is 0 Å². The fourth-order valence-corrected chi connectivity index (χ4v) is 3.83. The molecule has 0 spiro atoms. The number of hydrogen-bond acceptors (Lipinski definition) is 1. The molecule has 1 atom stereocenters. The molecule has 4 heteroatoms. The lowest BCUT2D eigenvalue weighted by molar-refractivity contribution is -0.133. The minimum absolute atomic E-state index is 0.0178. The highest BCUT2D eigenvalue weighted by atomic mass is 35.5. The summed E-state index contributed by atoms with van der Waals surface area (Å²) in [5.74, 6) is 2.76. The van der Waals surface area contributed by atoms with Crippen LogP contribution in [-0.2, 0) is 17.6 Å². The van der Waals surface area contributed by atoms with E-state index in [-0.39, 0.29) is 18.4 Å². The highest BCUT2D eigenvalue weighted by molar-refractivity contribution is 6.36. The third-order valence-electron chi connectivity index (χ3n) is 4.60. The monoisotopic (exact) mass is 357 g/mol. The minimum atomic E-state index is -0.0178. The third-order valence-corrected chi connectivity index (χ3v) is 5.31. The fourth-order valence-electron chi connectivity index (χ4n) is 3.30. The van der Waals surface area contributed by atoms with Crippen LogP contribution in [0.25, 0.3) is 0 Å². The summed E-state index contributed by atoms with van der Waals surface area (Å²) >= 11 is 12.4. The Bertz CT molecular complexity index is 818. The first kappa shape index (κ1) is 16.9. The first-order valence-electron chi connectivity index (χ1n) is 7.83. The number of halogens is 2. The van der Waals surface area contributed by atoms with Crippen molar-refractivity contribution in [3.8, 4) is 12.3 Å². The molecule has 2 nitrogen and oxygen atoms in total. The van der Waals surface area contributed by atoms with E-state index in [1.165, 1.54) is 5.56 Å². The lowest BCUT2D eigenvalue weighted by Crippen LogP contribution is -2.40. The largest absolute Gasteiger partial charge is 0.335 e. The first-order chi connectivity index (χ1) is 11.5. The molecule has 1 heterocycles. The molecule has 1 amide bonds. The highest BCUT2D eigenvalue weighted by Crippen LogP contribution is 2.32. The topological polar surface area (TPSA) is 20.3 Å². The van der Waals surface area contributed by atoms with Gasteiger partial charge >= 0.3 is 0 Å². The summed E-state index contributed by atoms with van der Waals surface area (Å²) in [6, 6.07) is 11.2. The van der Waals surface area contributed by atoms with Gasteiger partial charge in [-0.1, -0.05) is 47.3 Å². The SMILES string of the molecule is C#Cc1cccc2c1CCN(C(=O)Cc1c(Cl)cccc1Cl)[C@H]2C. The Labute approximate surface area is 152 Å². The van der Waals surface area contributed by atoms with E-state index >= 15 is 0 Å². The number of benzene rings is 2. The Morgan fingerprint density at radius 3 is 2.58 bits per heavy atom. The van der Waals surface area contributed by atoms with E-state index in [4.69, 9.17) is 29.6 Å². The van der Waals surface area contributed by atoms with Gasteiger partial charge in [0.1, 0.15) is 0 Å². The van der Waals surface area contributed by atoms with Crippen LogP contribution in [-0.4, -0.2) is 17.4 Å². The van der Waals surface area contributed by atoms with Crippen LogP contribution in [0.2, 0.25) is 10.0 Å². The van der Waals surface area contributed by atoms with Gasteiger partial charge in [0.15, 0.2) is 0 Å². The zero-order chi connectivity index (χ0) is 17.3. The van der Waals surface area contributed by atoms with Gasteiger partial charge in [-0.2, -0.15) is 0 Å². The standard InChI is InChI=1S/C20H17Cl2NO/c1-3-14-6-4-7-15-13(2)23(11-10-16(14)15)20(24)12-17-18(21)8-5-9-19(17)22/h1,4-9,13H,10-12H2,2H3/t13-/m0/s1. The van der Waals surface area contributed by atoms with Gasteiger partial charge in [0.05, 0.1) is 12.5 Å². The average Bonchev–Trinajstić information content (AvgIpc) is 2.58. The molecule has 2 aromatic carbocycles. The average molecular weight is 358 g/mol. The van der Waals surface area contributed by atoms with E-state index in [1.54, 1.807) is 18.2 Å². The fraction of sp³-hybridized carbons (Fsp3) is 0.250. The number of terminal acetylenes is 1. The van der Waals surface area contributed by atoms with Crippen LogP contribution in [0.5, 0.6) is 0 Å². The van der Waals surface area contributed by atoms with Gasteiger partial charge in [-0.15, -0.1) is 6.42 Å². The molecule has 3 rings (SSSR count). The van der Waals surface area contributed by atoms with Crippen molar-refractivity contribution in [3.05, 3.63) is 68.7 Å². The van der Waals surface area contributed by atoms with E-state index in [2.05, 4.69) is 5.92 Å². The van der Waals surface area contributed by atoms with Crippen LogP contribution in [0, 0.1) is 12.3 Å². The van der Waals surface area contributed by atoms with Crippen molar-refractivity contribution >= 4 is 29.1 Å². The Hall–Kier alpha value is -1.95. The Balaban J connectivity index is 1.86. The van der Waals surface area contributed by atoms with E-state index in [1.807, 2.05) is 30.0 Å². The normalized spacial score (nSPS) is 16.4. The van der Waals surface area contributed by atoms with Crippen LogP contribution < -0.4 is 0 Å². The van der Waals surface area contributed by atoms with E-state index in [9.17, 15) is 4.79 Å². The molecule has 1 aliphatic rings. The number of fused-ring (bicyclic) bond motifs is 1. The van der Waals surface area contributed by atoms with Crippen molar-refractivity contribution in [1.82, 2.24) is 4.90 Å². The summed E-state index contributed by atoms with van der Waals surface area (Å²) in [4.78, 5) is 14.7. The predicted octanol–water partition coefficient (Wildman–Crippen LogP) is 4.66. The van der Waals surface area contributed by atoms with Crippen molar-refractivity contribution in [3.63, 3.8) is 0 Å². The Morgan fingerprint density at radius 1 is 1.25 bits per heavy atom. The summed E-state index contributed by atoms with van der Waals surface area (Å²) in [5.41, 5.74) is 3.89. The molecule has 0 saturated carbocycles. The second-order valence-electron chi connectivity index (χ2n) is 5.91. The van der Waals surface area contributed by atoms with Crippen LogP contribution in [0.1, 0.15) is 35.2 Å². The molecule has 122 valence electrons. The molecular formula is C20H17Cl2NO. The third kappa shape index (κ3) is 3.02. The van der Waals surface area contributed by atoms with Gasteiger partial charge < -0.3 is 4.90 Å². The maximum Gasteiger partial charge on any atom is 0.227 e. The molecule has 0 aliphatic carbocycles. The molecule has 0 aromatic heterocycles. The number of hydrogen-bond donors (Lipinski definition) is 0. The van der Waals surface area contributed by atoms with Crippen molar-refractivity contribution in [2.24, 2.45) is 0 Å². The summed E-state index contributed by atoms with van der Waals surface area (Å²) in [6.07, 6.45) is 6.56. The quantitative estimate of drug-likeness (QED) is 0.715. The smallest absolute Gasteiger partial charge is 0.227 e. The lowest BCUT2D eigenvalue weighted by Gasteiger charge is -2.36. The van der Waals surface area contributed by atoms with Gasteiger partial charge in [0.2, 0.25) is 5.91 Å². The molecule has 0 saturated heterocycles. The van der Waals surface area contributed by atoms with Gasteiger partial charge in [0, 0.05) is 22.2 Å². The highest BCUT2D eigenvalue weighted by Gasteiger charge is 2.29. The van der Waals surface area contributed by atoms with Crippen LogP contribution in [0.4, 0.5) is 0 Å². The zero-order valence-corrected chi connectivity index (χ0v) is 14.9. The van der Waals surface area contributed by atoms with Crippen molar-refractivity contribution in [1.29, 1.82) is 0 Å². The van der Waals surface area contributed by atoms with Gasteiger partial charge in [-0.25, -0.2) is 0 Å². The zero-order valence-electron chi connectivity index (χ0n) is 13.4. The lowest BCUT2D eigenvalue weighted by atomic mass is 9.89. The second-order valence-corrected chi connectivity index (χ2v) is 6.72. The molecule has 0 N–H and O–H groups in total. The van der Waals surface area contributed by atoms with E-state index in [0.29, 0.717) is 22.2 Å². The molecular weight excluding hydrogens is 341 g/mol. The molecule has 0 unspecified atom stereocenters. The molecule has 24 heavy (non-hydrogen) atoms. The van der Waals surface area contributed by atoms with Crippen LogP contribution in [0.3, 0.4) is 0 Å². The van der Waals surface area contributed by atoms with Crippen molar-refractivity contribution < 1.29 is 4.79 Å². The maximum absolute atomic E-state index is 12.8. The molecule has 1 aliphatic heterocycles. The van der Waals surface area contributed by atoms with Gasteiger partial charge in [-0.05, 0) is 48.2 Å². The number of carbonyl (C=O) groups is 1. The summed E-state index contributed by atoms with van der Waals surface area (Å²) in [6.45, 7) is 2.68. The Morgan fingerprint density at radius 2 is 1.92 bits per heavy atom. The van der Waals surface area contributed by atoms with Crippen LogP contribution in [0.15, 0.2) is 36.4 Å². The number of amides is 1. The Kier molecular flexibility index (Phi) is 4.85. The molecule has 0 bridgehead atoms. The van der Waals surface area contributed by atoms with Crippen LogP contribution >= 0.6 is 23.2 Å².